The molecule has 140 valence electrons. The summed E-state index contributed by atoms with van der Waals surface area (Å²) in [5, 5.41) is 34.7. The molecule has 7 nitrogen and oxygen atoms in total. The summed E-state index contributed by atoms with van der Waals surface area (Å²) in [6.07, 6.45) is 1.94. The molecule has 0 spiro atoms. The zero-order valence-electron chi connectivity index (χ0n) is 14.8. The number of nitriles is 1. The molecule has 4 N–H and O–H groups in total. The summed E-state index contributed by atoms with van der Waals surface area (Å²) in [7, 11) is 0. The molecule has 2 atom stereocenters. The molecule has 2 rings (SSSR count). The second-order valence-corrected chi connectivity index (χ2v) is 6.26. The highest BCUT2D eigenvalue weighted by molar-refractivity contribution is 5.76. The molecule has 0 fully saturated rings. The zero-order valence-corrected chi connectivity index (χ0v) is 14.8. The largest absolute Gasteiger partial charge is 0.507 e. The number of nitrogens with one attached hydrogen (secondary N) is 2. The minimum atomic E-state index is -0.685. The lowest BCUT2D eigenvalue weighted by Crippen LogP contribution is -2.28. The van der Waals surface area contributed by atoms with E-state index in [2.05, 4.69) is 10.6 Å². The van der Waals surface area contributed by atoms with Gasteiger partial charge in [0.2, 0.25) is 12.8 Å². The molecule has 27 heavy (non-hydrogen) atoms. The van der Waals surface area contributed by atoms with Gasteiger partial charge in [-0.15, -0.1) is 0 Å². The van der Waals surface area contributed by atoms with Crippen LogP contribution in [0.25, 0.3) is 11.1 Å². The number of phenolic OH excluding ortho intramolecular Hbond substituents is 2. The summed E-state index contributed by atoms with van der Waals surface area (Å²) in [4.78, 5) is 21.1. The third-order valence-corrected chi connectivity index (χ3v) is 4.17. The van der Waals surface area contributed by atoms with Crippen molar-refractivity contribution in [1.82, 2.24) is 10.6 Å². The van der Waals surface area contributed by atoms with Crippen molar-refractivity contribution in [3.63, 3.8) is 0 Å². The smallest absolute Gasteiger partial charge is 0.208 e. The number of amides is 2. The Balaban J connectivity index is 2.36. The molecular weight excluding hydrogens is 346 g/mol. The van der Waals surface area contributed by atoms with Crippen LogP contribution >= 0.6 is 0 Å². The van der Waals surface area contributed by atoms with E-state index in [-0.39, 0.29) is 24.0 Å². The Morgan fingerprint density at radius 2 is 1.48 bits per heavy atom. The lowest BCUT2D eigenvalue weighted by molar-refractivity contribution is -0.110. The second-order valence-electron chi connectivity index (χ2n) is 6.26. The first-order chi connectivity index (χ1) is 13.0. The predicted molar refractivity (Wildman–Crippen MR) is 99.9 cm³/mol. The Kier molecular flexibility index (Phi) is 6.78. The van der Waals surface area contributed by atoms with Crippen molar-refractivity contribution >= 4 is 12.8 Å². The molecule has 0 saturated heterocycles. The standard InChI is InChI=1S/C20H21N3O4/c1-13(22-11-24)6-14-2-4-19(26)17(8-14)18-9-15(3-5-20(18)27)7-16(10-21)23-12-25/h2-5,8-9,11-13,16,26-27H,6-7H2,1H3,(H,22,24)(H,23,25). The average Bonchev–Trinajstić information content (AvgIpc) is 2.64. The van der Waals surface area contributed by atoms with Crippen LogP contribution in [0.1, 0.15) is 18.1 Å². The van der Waals surface area contributed by atoms with Crippen LogP contribution in [0.3, 0.4) is 0 Å². The van der Waals surface area contributed by atoms with Gasteiger partial charge in [-0.2, -0.15) is 5.26 Å². The first-order valence-electron chi connectivity index (χ1n) is 8.41. The fourth-order valence-corrected chi connectivity index (χ4v) is 2.84. The minimum Gasteiger partial charge on any atom is -0.507 e. The van der Waals surface area contributed by atoms with Crippen molar-refractivity contribution < 1.29 is 19.8 Å². The maximum atomic E-state index is 10.6. The number of hydrogen-bond acceptors (Lipinski definition) is 5. The van der Waals surface area contributed by atoms with E-state index in [0.717, 1.165) is 11.1 Å². The Morgan fingerprint density at radius 1 is 0.963 bits per heavy atom. The lowest BCUT2D eigenvalue weighted by Gasteiger charge is -2.14. The lowest BCUT2D eigenvalue weighted by atomic mass is 9.95. The van der Waals surface area contributed by atoms with Gasteiger partial charge in [-0.1, -0.05) is 12.1 Å². The number of nitrogens with zero attached hydrogens (tertiary/aromatic N) is 1. The molecule has 0 saturated carbocycles. The predicted octanol–water partition coefficient (Wildman–Crippen LogP) is 1.62. The molecule has 7 heteroatoms. The fraction of sp³-hybridized carbons (Fsp3) is 0.250. The molecule has 0 radical (unpaired) electrons. The monoisotopic (exact) mass is 367 g/mol. The summed E-state index contributed by atoms with van der Waals surface area (Å²) in [5.74, 6) is -0.00725. The van der Waals surface area contributed by atoms with E-state index in [1.807, 2.05) is 13.0 Å². The number of benzene rings is 2. The maximum Gasteiger partial charge on any atom is 0.208 e. The summed E-state index contributed by atoms with van der Waals surface area (Å²) < 4.78 is 0. The molecule has 0 aliphatic carbocycles. The van der Waals surface area contributed by atoms with E-state index in [0.29, 0.717) is 30.4 Å². The van der Waals surface area contributed by atoms with Gasteiger partial charge in [0.05, 0.1) is 6.07 Å². The van der Waals surface area contributed by atoms with Gasteiger partial charge in [0, 0.05) is 23.6 Å². The first kappa shape index (κ1) is 19.8. The van der Waals surface area contributed by atoms with Crippen molar-refractivity contribution in [2.45, 2.75) is 31.8 Å². The Bertz CT molecular complexity index is 861. The number of carbonyl (C=O) groups is 2. The fourth-order valence-electron chi connectivity index (χ4n) is 2.84. The van der Waals surface area contributed by atoms with Crippen LogP contribution in [0, 0.1) is 11.3 Å². The highest BCUT2D eigenvalue weighted by atomic mass is 16.3. The van der Waals surface area contributed by atoms with Gasteiger partial charge in [-0.05, 0) is 48.7 Å². The van der Waals surface area contributed by atoms with E-state index in [1.54, 1.807) is 24.3 Å². The number of rotatable bonds is 9. The van der Waals surface area contributed by atoms with E-state index in [4.69, 9.17) is 5.26 Å². The Labute approximate surface area is 157 Å². The Morgan fingerprint density at radius 3 is 1.96 bits per heavy atom. The van der Waals surface area contributed by atoms with Crippen LogP contribution in [0.15, 0.2) is 36.4 Å². The topological polar surface area (TPSA) is 122 Å². The SMILES string of the molecule is CC(Cc1ccc(O)c(-c2cc(CC(C#N)NC=O)ccc2O)c1)NC=O. The van der Waals surface area contributed by atoms with Gasteiger partial charge >= 0.3 is 0 Å². The third kappa shape index (κ3) is 5.22. The van der Waals surface area contributed by atoms with Gasteiger partial charge < -0.3 is 20.8 Å². The molecule has 2 amide bonds. The second kappa shape index (κ2) is 9.25. The van der Waals surface area contributed by atoms with Crippen LogP contribution in [-0.4, -0.2) is 35.1 Å². The Hall–Kier alpha value is -3.53. The highest BCUT2D eigenvalue weighted by Crippen LogP contribution is 2.37. The van der Waals surface area contributed by atoms with Gasteiger partial charge in [0.25, 0.3) is 0 Å². The van der Waals surface area contributed by atoms with Gasteiger partial charge in [0.15, 0.2) is 0 Å². The van der Waals surface area contributed by atoms with Crippen LogP contribution < -0.4 is 10.6 Å². The van der Waals surface area contributed by atoms with Crippen LogP contribution in [0.5, 0.6) is 11.5 Å². The minimum absolute atomic E-state index is 0.00468. The van der Waals surface area contributed by atoms with Crippen molar-refractivity contribution in [2.75, 3.05) is 0 Å². The van der Waals surface area contributed by atoms with E-state index in [9.17, 15) is 19.8 Å². The maximum absolute atomic E-state index is 10.6. The molecule has 2 aromatic carbocycles. The molecule has 0 bridgehead atoms. The van der Waals surface area contributed by atoms with Crippen molar-refractivity contribution in [1.29, 1.82) is 5.26 Å². The van der Waals surface area contributed by atoms with E-state index < -0.39 is 6.04 Å². The van der Waals surface area contributed by atoms with Crippen molar-refractivity contribution in [2.24, 2.45) is 0 Å². The van der Waals surface area contributed by atoms with Crippen LogP contribution in [0.2, 0.25) is 0 Å². The molecule has 0 heterocycles. The number of hydrogen-bond donors (Lipinski definition) is 4. The molecular formula is C20H21N3O4. The zero-order chi connectivity index (χ0) is 19.8. The van der Waals surface area contributed by atoms with Gasteiger partial charge in [-0.25, -0.2) is 0 Å². The third-order valence-electron chi connectivity index (χ3n) is 4.17. The molecule has 2 aromatic rings. The van der Waals surface area contributed by atoms with Crippen LogP contribution in [-0.2, 0) is 22.4 Å². The summed E-state index contributed by atoms with van der Waals surface area (Å²) >= 11 is 0. The highest BCUT2D eigenvalue weighted by Gasteiger charge is 2.14. The average molecular weight is 367 g/mol. The number of carbonyl (C=O) groups excluding carboxylic acids is 2. The summed E-state index contributed by atoms with van der Waals surface area (Å²) in [6, 6.07) is 11.1. The molecule has 0 aliphatic heterocycles. The normalized spacial score (nSPS) is 12.4. The molecule has 2 unspecified atom stereocenters. The first-order valence-corrected chi connectivity index (χ1v) is 8.41. The quantitative estimate of drug-likeness (QED) is 0.502. The molecule has 0 aromatic heterocycles. The van der Waals surface area contributed by atoms with E-state index >= 15 is 0 Å². The number of aromatic hydroxyl groups is 2. The van der Waals surface area contributed by atoms with Gasteiger partial charge in [-0.3, -0.25) is 9.59 Å². The molecule has 0 aliphatic rings. The number of phenols is 2. The van der Waals surface area contributed by atoms with Crippen molar-refractivity contribution in [3.8, 4) is 28.7 Å². The van der Waals surface area contributed by atoms with Crippen molar-refractivity contribution in [3.05, 3.63) is 47.5 Å². The van der Waals surface area contributed by atoms with Gasteiger partial charge in [0.1, 0.15) is 17.5 Å². The van der Waals surface area contributed by atoms with Crippen LogP contribution in [0.4, 0.5) is 0 Å². The summed E-state index contributed by atoms with van der Waals surface area (Å²) in [5.41, 5.74) is 2.48. The summed E-state index contributed by atoms with van der Waals surface area (Å²) in [6.45, 7) is 1.86. The van der Waals surface area contributed by atoms with E-state index in [1.165, 1.54) is 12.1 Å².